The van der Waals surface area contributed by atoms with Crippen LogP contribution < -0.4 is 10.6 Å². The van der Waals surface area contributed by atoms with E-state index in [1.165, 1.54) is 14.2 Å². The minimum Gasteiger partial charge on any atom is -0.465 e. The van der Waals surface area contributed by atoms with Gasteiger partial charge in [0.15, 0.2) is 0 Å². The van der Waals surface area contributed by atoms with Crippen molar-refractivity contribution in [2.24, 2.45) is 0 Å². The molecule has 48 heavy (non-hydrogen) atoms. The van der Waals surface area contributed by atoms with E-state index < -0.39 is 11.9 Å². The number of benzene rings is 4. The molecule has 10 heteroatoms. The van der Waals surface area contributed by atoms with Gasteiger partial charge < -0.3 is 29.6 Å². The first-order valence-electron chi connectivity index (χ1n) is 15.8. The van der Waals surface area contributed by atoms with E-state index in [2.05, 4.69) is 22.8 Å². The fourth-order valence-corrected chi connectivity index (χ4v) is 5.80. The lowest BCUT2D eigenvalue weighted by Crippen LogP contribution is -2.15. The molecule has 4 aromatic carbocycles. The standard InChI is InChI=1S/C38H38N4O6/c1-23-5-9-31-27(19-23)35(29-21-25(37(43)45-3)7-11-33(29)41-31)39-13-15-47-17-18-48-16-14-40-36-28-20-24(2)6-10-32(28)42-34-12-8-26(22-30(34)36)38(44)46-4/h5-12,19-22H,13-18H2,1-4H3,(H,39,41)(H,40,42). The fourth-order valence-electron chi connectivity index (χ4n) is 5.80. The molecule has 0 unspecified atom stereocenters. The highest BCUT2D eigenvalue weighted by Crippen LogP contribution is 2.33. The van der Waals surface area contributed by atoms with Crippen LogP contribution in [0.1, 0.15) is 31.8 Å². The van der Waals surface area contributed by atoms with Crippen molar-refractivity contribution in [2.75, 3.05) is 64.4 Å². The Kier molecular flexibility index (Phi) is 9.94. The zero-order chi connectivity index (χ0) is 33.6. The van der Waals surface area contributed by atoms with Crippen LogP contribution in [0.4, 0.5) is 11.4 Å². The first-order valence-corrected chi connectivity index (χ1v) is 15.8. The molecule has 0 aliphatic rings. The predicted molar refractivity (Wildman–Crippen MR) is 189 cm³/mol. The molecule has 0 aliphatic heterocycles. The van der Waals surface area contributed by atoms with Gasteiger partial charge in [-0.25, -0.2) is 19.6 Å². The van der Waals surface area contributed by atoms with E-state index in [0.29, 0.717) is 50.6 Å². The number of rotatable bonds is 13. The van der Waals surface area contributed by atoms with Gasteiger partial charge in [0.05, 0.1) is 85.2 Å². The summed E-state index contributed by atoms with van der Waals surface area (Å²) >= 11 is 0. The van der Waals surface area contributed by atoms with E-state index in [0.717, 1.165) is 66.1 Å². The number of nitrogens with one attached hydrogen (secondary N) is 2. The summed E-state index contributed by atoms with van der Waals surface area (Å²) in [5, 5.41) is 10.7. The minimum atomic E-state index is -0.393. The average molecular weight is 647 g/mol. The van der Waals surface area contributed by atoms with E-state index in [1.807, 2.05) is 62.4 Å². The maximum Gasteiger partial charge on any atom is 0.337 e. The summed E-state index contributed by atoms with van der Waals surface area (Å²) in [6, 6.07) is 23.0. The van der Waals surface area contributed by atoms with Gasteiger partial charge in [-0.3, -0.25) is 0 Å². The van der Waals surface area contributed by atoms with Crippen molar-refractivity contribution in [3.8, 4) is 0 Å². The van der Waals surface area contributed by atoms with Crippen LogP contribution in [0.25, 0.3) is 43.6 Å². The number of pyridine rings is 2. The number of carbonyl (C=O) groups is 2. The maximum atomic E-state index is 12.2. The summed E-state index contributed by atoms with van der Waals surface area (Å²) in [5.41, 5.74) is 8.29. The molecule has 6 aromatic rings. The third kappa shape index (κ3) is 7.00. The molecule has 0 radical (unpaired) electrons. The van der Waals surface area contributed by atoms with E-state index in [1.54, 1.807) is 12.1 Å². The molecule has 0 saturated heterocycles. The second-order valence-corrected chi connectivity index (χ2v) is 11.5. The van der Waals surface area contributed by atoms with Crippen LogP contribution in [0.3, 0.4) is 0 Å². The number of aryl methyl sites for hydroxylation is 2. The molecule has 2 N–H and O–H groups in total. The van der Waals surface area contributed by atoms with Crippen LogP contribution in [0.2, 0.25) is 0 Å². The summed E-state index contributed by atoms with van der Waals surface area (Å²) in [6.45, 7) is 7.00. The summed E-state index contributed by atoms with van der Waals surface area (Å²) in [4.78, 5) is 34.1. The van der Waals surface area contributed by atoms with Crippen LogP contribution in [0.5, 0.6) is 0 Å². The molecule has 10 nitrogen and oxygen atoms in total. The highest BCUT2D eigenvalue weighted by Gasteiger charge is 2.15. The van der Waals surface area contributed by atoms with Gasteiger partial charge in [0.1, 0.15) is 0 Å². The van der Waals surface area contributed by atoms with Crippen LogP contribution in [0.15, 0.2) is 72.8 Å². The van der Waals surface area contributed by atoms with Crippen molar-refractivity contribution in [3.63, 3.8) is 0 Å². The maximum absolute atomic E-state index is 12.2. The molecule has 2 aromatic heterocycles. The van der Waals surface area contributed by atoms with Gasteiger partial charge in [-0.15, -0.1) is 0 Å². The van der Waals surface area contributed by atoms with Crippen molar-refractivity contribution < 1.29 is 28.5 Å². The molecular formula is C38H38N4O6. The molecule has 0 saturated carbocycles. The number of hydrogen-bond acceptors (Lipinski definition) is 10. The van der Waals surface area contributed by atoms with Gasteiger partial charge in [0.2, 0.25) is 0 Å². The molecule has 6 rings (SSSR count). The second kappa shape index (κ2) is 14.6. The summed E-state index contributed by atoms with van der Waals surface area (Å²) in [7, 11) is 2.75. The average Bonchev–Trinajstić information content (AvgIpc) is 3.10. The number of anilines is 2. The smallest absolute Gasteiger partial charge is 0.337 e. The number of esters is 2. The van der Waals surface area contributed by atoms with Crippen molar-refractivity contribution in [2.45, 2.75) is 13.8 Å². The third-order valence-electron chi connectivity index (χ3n) is 8.17. The molecule has 246 valence electrons. The molecule has 0 atom stereocenters. The molecule has 0 spiro atoms. The highest BCUT2D eigenvalue weighted by atomic mass is 16.5. The Morgan fingerprint density at radius 3 is 1.31 bits per heavy atom. The van der Waals surface area contributed by atoms with Crippen LogP contribution in [0, 0.1) is 13.8 Å². The Hall–Kier alpha value is -5.32. The molecular weight excluding hydrogens is 608 g/mol. The minimum absolute atomic E-state index is 0.393. The van der Waals surface area contributed by atoms with Gasteiger partial charge in [-0.1, -0.05) is 23.3 Å². The second-order valence-electron chi connectivity index (χ2n) is 11.5. The zero-order valence-electron chi connectivity index (χ0n) is 27.5. The van der Waals surface area contributed by atoms with Gasteiger partial charge in [0, 0.05) is 34.6 Å². The lowest BCUT2D eigenvalue weighted by molar-refractivity contribution is 0.0557. The number of aromatic nitrogens is 2. The topological polar surface area (TPSA) is 121 Å². The van der Waals surface area contributed by atoms with E-state index in [-0.39, 0.29) is 0 Å². The summed E-state index contributed by atoms with van der Waals surface area (Å²) in [6.07, 6.45) is 0. The highest BCUT2D eigenvalue weighted by molar-refractivity contribution is 6.10. The van der Waals surface area contributed by atoms with Crippen molar-refractivity contribution in [3.05, 3.63) is 95.1 Å². The summed E-state index contributed by atoms with van der Waals surface area (Å²) in [5.74, 6) is -0.785. The van der Waals surface area contributed by atoms with Gasteiger partial charge >= 0.3 is 11.9 Å². The van der Waals surface area contributed by atoms with Crippen LogP contribution in [-0.4, -0.2) is 75.6 Å². The van der Waals surface area contributed by atoms with E-state index in [9.17, 15) is 9.59 Å². The van der Waals surface area contributed by atoms with E-state index >= 15 is 0 Å². The lowest BCUT2D eigenvalue weighted by atomic mass is 10.0. The quantitative estimate of drug-likeness (QED) is 0.0784. The Balaban J connectivity index is 1.04. The van der Waals surface area contributed by atoms with Gasteiger partial charge in [-0.2, -0.15) is 0 Å². The summed E-state index contributed by atoms with van der Waals surface area (Å²) < 4.78 is 21.6. The van der Waals surface area contributed by atoms with Crippen molar-refractivity contribution >= 4 is 66.9 Å². The first kappa shape index (κ1) is 32.6. The Bertz CT molecular complexity index is 2000. The first-order chi connectivity index (χ1) is 23.4. The Morgan fingerprint density at radius 2 is 0.917 bits per heavy atom. The lowest BCUT2D eigenvalue weighted by Gasteiger charge is -2.15. The van der Waals surface area contributed by atoms with Gasteiger partial charge in [0.25, 0.3) is 0 Å². The Labute approximate surface area is 278 Å². The van der Waals surface area contributed by atoms with E-state index in [4.69, 9.17) is 28.9 Å². The normalized spacial score (nSPS) is 11.3. The number of methoxy groups -OCH3 is 2. The predicted octanol–water partition coefficient (Wildman–Crippen LogP) is 6.84. The largest absolute Gasteiger partial charge is 0.465 e. The zero-order valence-corrected chi connectivity index (χ0v) is 27.5. The number of carbonyl (C=O) groups excluding carboxylic acids is 2. The van der Waals surface area contributed by atoms with Crippen molar-refractivity contribution in [1.82, 2.24) is 9.97 Å². The van der Waals surface area contributed by atoms with Crippen LogP contribution in [-0.2, 0) is 18.9 Å². The Morgan fingerprint density at radius 1 is 0.542 bits per heavy atom. The monoisotopic (exact) mass is 646 g/mol. The molecule has 0 amide bonds. The molecule has 0 bridgehead atoms. The molecule has 2 heterocycles. The SMILES string of the molecule is COC(=O)c1ccc2nc3ccc(C)cc3c(NCCOCCOCCNc3c4cc(C)ccc4nc4ccc(C(=O)OC)cc34)c2c1. The number of ether oxygens (including phenoxy) is 4. The van der Waals surface area contributed by atoms with Gasteiger partial charge in [-0.05, 0) is 74.5 Å². The molecule has 0 aliphatic carbocycles. The van der Waals surface area contributed by atoms with Crippen molar-refractivity contribution in [1.29, 1.82) is 0 Å². The molecule has 0 fully saturated rings. The van der Waals surface area contributed by atoms with Crippen LogP contribution >= 0.6 is 0 Å². The number of nitrogens with zero attached hydrogens (tertiary/aromatic N) is 2. The third-order valence-corrected chi connectivity index (χ3v) is 8.17. The number of fused-ring (bicyclic) bond motifs is 4. The number of hydrogen-bond donors (Lipinski definition) is 2. The fraction of sp³-hybridized carbons (Fsp3) is 0.263.